The van der Waals surface area contributed by atoms with E-state index in [0.717, 1.165) is 17.5 Å². The van der Waals surface area contributed by atoms with E-state index in [1.807, 2.05) is 52.0 Å². The third-order valence-electron chi connectivity index (χ3n) is 3.60. The van der Waals surface area contributed by atoms with Crippen molar-refractivity contribution in [2.24, 2.45) is 0 Å². The molecule has 0 fully saturated rings. The summed E-state index contributed by atoms with van der Waals surface area (Å²) in [4.78, 5) is 23.5. The Morgan fingerprint density at radius 2 is 1.63 bits per heavy atom. The van der Waals surface area contributed by atoms with Crippen LogP contribution in [0.5, 0.6) is 0 Å². The normalized spacial score (nSPS) is 11.8. The van der Waals surface area contributed by atoms with Crippen LogP contribution in [0.15, 0.2) is 33.9 Å². The van der Waals surface area contributed by atoms with Crippen LogP contribution in [0.3, 0.4) is 0 Å². The van der Waals surface area contributed by atoms with Gasteiger partial charge in [-0.3, -0.25) is 9.59 Å². The van der Waals surface area contributed by atoms with Crippen molar-refractivity contribution in [2.75, 3.05) is 5.32 Å². The van der Waals surface area contributed by atoms with Gasteiger partial charge in [0.15, 0.2) is 0 Å². The summed E-state index contributed by atoms with van der Waals surface area (Å²) in [6.07, 6.45) is 0.874. The quantitative estimate of drug-likeness (QED) is 0.857. The van der Waals surface area contributed by atoms with Crippen LogP contribution in [0.2, 0.25) is 0 Å². The lowest BCUT2D eigenvalue weighted by Crippen LogP contribution is -2.42. The largest absolute Gasteiger partial charge is 0.376 e. The summed E-state index contributed by atoms with van der Waals surface area (Å²) in [7, 11) is 0. The van der Waals surface area contributed by atoms with Crippen LogP contribution in [0.25, 0.3) is 11.1 Å². The molecule has 0 aromatic heterocycles. The number of hydrogen-bond donors (Lipinski definition) is 1. The standard InChI is InChI=1S/C16H19NO2/c1-5-16(3,4)17-13-12(14(18)15(13)19)11-8-6-10(2)7-9-11/h6-9,17H,5H2,1-4H3. The van der Waals surface area contributed by atoms with E-state index >= 15 is 0 Å². The van der Waals surface area contributed by atoms with Gasteiger partial charge < -0.3 is 5.32 Å². The molecule has 19 heavy (non-hydrogen) atoms. The fourth-order valence-corrected chi connectivity index (χ4v) is 1.93. The Kier molecular flexibility index (Phi) is 3.31. The highest BCUT2D eigenvalue weighted by Gasteiger charge is 2.26. The molecule has 0 spiro atoms. The van der Waals surface area contributed by atoms with Crippen molar-refractivity contribution in [3.63, 3.8) is 0 Å². The first kappa shape index (κ1) is 13.5. The molecule has 0 aliphatic heterocycles. The minimum atomic E-state index is -0.405. The third kappa shape index (κ3) is 2.46. The van der Waals surface area contributed by atoms with Gasteiger partial charge in [-0.2, -0.15) is 0 Å². The summed E-state index contributed by atoms with van der Waals surface area (Å²) in [6.45, 7) is 8.07. The fraction of sp³-hybridized carbons (Fsp3) is 0.375. The number of benzene rings is 1. The van der Waals surface area contributed by atoms with E-state index in [1.54, 1.807) is 0 Å². The maximum Gasteiger partial charge on any atom is 0.250 e. The average molecular weight is 257 g/mol. The lowest BCUT2D eigenvalue weighted by Gasteiger charge is -2.27. The molecule has 0 aliphatic rings. The van der Waals surface area contributed by atoms with E-state index in [4.69, 9.17) is 0 Å². The number of rotatable bonds is 4. The van der Waals surface area contributed by atoms with Crippen LogP contribution in [0.4, 0.5) is 5.69 Å². The van der Waals surface area contributed by atoms with Gasteiger partial charge in [0, 0.05) is 5.54 Å². The topological polar surface area (TPSA) is 46.2 Å². The van der Waals surface area contributed by atoms with Gasteiger partial charge in [-0.05, 0) is 32.8 Å². The van der Waals surface area contributed by atoms with Crippen molar-refractivity contribution in [2.45, 2.75) is 39.7 Å². The summed E-state index contributed by atoms with van der Waals surface area (Å²) in [5.74, 6) is 0. The molecule has 0 atom stereocenters. The number of anilines is 1. The second-order valence-corrected chi connectivity index (χ2v) is 5.64. The van der Waals surface area contributed by atoms with Crippen LogP contribution in [0, 0.1) is 6.92 Å². The SMILES string of the molecule is CCC(C)(C)Nc1c(-c2ccc(C)cc2)c(=O)c1=O. The van der Waals surface area contributed by atoms with E-state index in [1.165, 1.54) is 0 Å². The Bertz CT molecular complexity index is 659. The molecule has 0 bridgehead atoms. The molecule has 1 N–H and O–H groups in total. The highest BCUT2D eigenvalue weighted by atomic mass is 16.2. The molecule has 0 amide bonds. The van der Waals surface area contributed by atoms with Gasteiger partial charge in [0.05, 0.1) is 11.3 Å². The van der Waals surface area contributed by atoms with Gasteiger partial charge >= 0.3 is 0 Å². The molecule has 100 valence electrons. The molecule has 3 nitrogen and oxygen atoms in total. The van der Waals surface area contributed by atoms with Crippen LogP contribution >= 0.6 is 0 Å². The summed E-state index contributed by atoms with van der Waals surface area (Å²) in [6, 6.07) is 7.66. The first-order valence-electron chi connectivity index (χ1n) is 6.54. The predicted octanol–water partition coefficient (Wildman–Crippen LogP) is 2.86. The molecule has 3 heteroatoms. The lowest BCUT2D eigenvalue weighted by molar-refractivity contribution is 0.546. The minimum absolute atomic E-state index is 0.193. The number of nitrogens with one attached hydrogen (secondary N) is 1. The van der Waals surface area contributed by atoms with Crippen LogP contribution in [-0.2, 0) is 0 Å². The zero-order chi connectivity index (χ0) is 14.2. The van der Waals surface area contributed by atoms with Crippen molar-refractivity contribution >= 4 is 5.69 Å². The van der Waals surface area contributed by atoms with Gasteiger partial charge in [0.1, 0.15) is 0 Å². The van der Waals surface area contributed by atoms with Gasteiger partial charge in [-0.25, -0.2) is 0 Å². The van der Waals surface area contributed by atoms with Gasteiger partial charge in [-0.1, -0.05) is 36.8 Å². The van der Waals surface area contributed by atoms with Crippen LogP contribution in [0.1, 0.15) is 32.8 Å². The molecule has 0 saturated carbocycles. The number of aryl methyl sites for hydroxylation is 1. The minimum Gasteiger partial charge on any atom is -0.376 e. The Morgan fingerprint density at radius 3 is 2.16 bits per heavy atom. The summed E-state index contributed by atoms with van der Waals surface area (Å²) in [5.41, 5.74) is 1.93. The second-order valence-electron chi connectivity index (χ2n) is 5.64. The monoisotopic (exact) mass is 257 g/mol. The molecule has 0 aliphatic carbocycles. The van der Waals surface area contributed by atoms with E-state index in [0.29, 0.717) is 11.3 Å². The third-order valence-corrected chi connectivity index (χ3v) is 3.60. The van der Waals surface area contributed by atoms with E-state index in [-0.39, 0.29) is 5.54 Å². The molecule has 0 radical (unpaired) electrons. The van der Waals surface area contributed by atoms with Gasteiger partial charge in [0.2, 0.25) is 10.9 Å². The Balaban J connectivity index is 2.43. The molecule has 0 heterocycles. The zero-order valence-electron chi connectivity index (χ0n) is 11.8. The molecule has 2 aromatic carbocycles. The Morgan fingerprint density at radius 1 is 1.05 bits per heavy atom. The predicted molar refractivity (Wildman–Crippen MR) is 79.5 cm³/mol. The maximum absolute atomic E-state index is 11.8. The number of hydrogen-bond acceptors (Lipinski definition) is 3. The molecule has 0 saturated heterocycles. The summed E-state index contributed by atoms with van der Waals surface area (Å²) >= 11 is 0. The molecule has 2 rings (SSSR count). The van der Waals surface area contributed by atoms with Crippen LogP contribution in [-0.4, -0.2) is 5.54 Å². The van der Waals surface area contributed by atoms with Crippen molar-refractivity contribution in [1.29, 1.82) is 0 Å². The lowest BCUT2D eigenvalue weighted by atomic mass is 9.94. The Labute approximate surface area is 113 Å². The first-order valence-corrected chi connectivity index (χ1v) is 6.54. The van der Waals surface area contributed by atoms with Gasteiger partial charge in [-0.15, -0.1) is 0 Å². The highest BCUT2D eigenvalue weighted by molar-refractivity contribution is 5.82. The van der Waals surface area contributed by atoms with E-state index < -0.39 is 10.9 Å². The van der Waals surface area contributed by atoms with Crippen molar-refractivity contribution in [3.05, 3.63) is 50.3 Å². The average Bonchev–Trinajstić information content (AvgIpc) is 2.40. The molecular weight excluding hydrogens is 238 g/mol. The van der Waals surface area contributed by atoms with E-state index in [9.17, 15) is 9.59 Å². The summed E-state index contributed by atoms with van der Waals surface area (Å²) in [5, 5.41) is 3.20. The Hall–Kier alpha value is -1.90. The van der Waals surface area contributed by atoms with Crippen molar-refractivity contribution in [1.82, 2.24) is 0 Å². The highest BCUT2D eigenvalue weighted by Crippen LogP contribution is 2.26. The zero-order valence-corrected chi connectivity index (χ0v) is 11.8. The molecule has 0 unspecified atom stereocenters. The van der Waals surface area contributed by atoms with Crippen LogP contribution < -0.4 is 16.2 Å². The first-order chi connectivity index (χ1) is 8.85. The molecular formula is C16H19NO2. The summed E-state index contributed by atoms with van der Waals surface area (Å²) < 4.78 is 0. The fourth-order valence-electron chi connectivity index (χ4n) is 1.93. The second kappa shape index (κ2) is 4.65. The van der Waals surface area contributed by atoms with Crippen molar-refractivity contribution < 1.29 is 0 Å². The van der Waals surface area contributed by atoms with E-state index in [2.05, 4.69) is 5.32 Å². The smallest absolute Gasteiger partial charge is 0.250 e. The maximum atomic E-state index is 11.8. The molecule has 2 aromatic rings. The van der Waals surface area contributed by atoms with Crippen molar-refractivity contribution in [3.8, 4) is 11.1 Å². The van der Waals surface area contributed by atoms with Gasteiger partial charge in [0.25, 0.3) is 0 Å².